The minimum Gasteiger partial charge on any atom is -0.455 e. The topological polar surface area (TPSA) is 13.1 Å². The molecule has 218 valence electrons. The number of hydrogen-bond acceptors (Lipinski definition) is 1. The second kappa shape index (κ2) is 10.2. The molecule has 0 atom stereocenters. The summed E-state index contributed by atoms with van der Waals surface area (Å²) in [7, 11) is 0. The Balaban J connectivity index is 1.47. The predicted molar refractivity (Wildman–Crippen MR) is 200 cm³/mol. The van der Waals surface area contributed by atoms with Crippen molar-refractivity contribution in [1.82, 2.24) is 0 Å². The standard InChI is InChI=1S/C46H28O/c1-2-13-31-27-34(24-21-29(31)11-1)46-45(41-19-9-10-20-42(41)47-46)44-39-17-7-5-15-37(39)43(38-16-6-8-18-40(38)44)33-25-26-36-32(28-33)23-22-30-12-3-4-14-35(30)36/h1-28H/i1D,2D,5D,6D,7D,8D,11D,13D,15D,16D,17D,18D,21D,24D,27D. The minimum atomic E-state index is -0.662. The summed E-state index contributed by atoms with van der Waals surface area (Å²) in [5.74, 6) is -0.281. The first-order valence-electron chi connectivity index (χ1n) is 22.5. The van der Waals surface area contributed by atoms with Crippen LogP contribution in [0.2, 0.25) is 0 Å². The molecule has 47 heavy (non-hydrogen) atoms. The van der Waals surface area contributed by atoms with Gasteiger partial charge < -0.3 is 4.42 Å². The Labute approximate surface area is 293 Å². The highest BCUT2D eigenvalue weighted by Crippen LogP contribution is 2.50. The van der Waals surface area contributed by atoms with Gasteiger partial charge in [0.2, 0.25) is 0 Å². The van der Waals surface area contributed by atoms with E-state index in [2.05, 4.69) is 0 Å². The molecule has 0 spiro atoms. The van der Waals surface area contributed by atoms with Crippen molar-refractivity contribution >= 4 is 64.8 Å². The zero-order valence-electron chi connectivity index (χ0n) is 39.4. The van der Waals surface area contributed by atoms with Crippen molar-refractivity contribution in [2.45, 2.75) is 0 Å². The molecule has 0 bridgehead atoms. The van der Waals surface area contributed by atoms with Crippen LogP contribution in [0.4, 0.5) is 0 Å². The third-order valence-electron chi connectivity index (χ3n) is 8.73. The van der Waals surface area contributed by atoms with Crippen LogP contribution >= 0.6 is 0 Å². The molecule has 1 heteroatoms. The maximum Gasteiger partial charge on any atom is 0.143 e. The largest absolute Gasteiger partial charge is 0.455 e. The molecule has 0 saturated heterocycles. The second-order valence-electron chi connectivity index (χ2n) is 11.3. The SMILES string of the molecule is [2H]c1c([2H])c([2H])c2c([2H])c(-c3oc4ccccc4c3-c3c4c([2H])c([2H])c([2H])c([2H])c4c(-c4ccc5c(ccc6ccccc65)c4)c4c([2H])c([2H])c([2H])c([2H])c34)c([2H])c([2H])c2c1[2H]. The molecule has 0 unspecified atom stereocenters. The van der Waals surface area contributed by atoms with Gasteiger partial charge in [0.1, 0.15) is 11.3 Å². The monoisotopic (exact) mass is 611 g/mol. The Kier molecular flexibility index (Phi) is 3.33. The quantitative estimate of drug-likeness (QED) is 0.143. The summed E-state index contributed by atoms with van der Waals surface area (Å²) in [6, 6.07) is 14.8. The van der Waals surface area contributed by atoms with Gasteiger partial charge in [0.15, 0.2) is 0 Å². The van der Waals surface area contributed by atoms with Crippen molar-refractivity contribution < 1.29 is 25.0 Å². The van der Waals surface area contributed by atoms with Gasteiger partial charge >= 0.3 is 0 Å². The smallest absolute Gasteiger partial charge is 0.143 e. The summed E-state index contributed by atoms with van der Waals surface area (Å²) in [6.45, 7) is 0. The van der Waals surface area contributed by atoms with Crippen LogP contribution in [-0.2, 0) is 0 Å². The zero-order chi connectivity index (χ0) is 44.0. The van der Waals surface area contributed by atoms with Crippen LogP contribution in [0.3, 0.4) is 0 Å². The molecule has 10 rings (SSSR count). The number of hydrogen-bond donors (Lipinski definition) is 0. The zero-order valence-corrected chi connectivity index (χ0v) is 24.4. The summed E-state index contributed by atoms with van der Waals surface area (Å²) in [5, 5.41) is 2.79. The predicted octanol–water partition coefficient (Wildman–Crippen LogP) is 13.2. The molecular weight excluding hydrogens is 569 g/mol. The highest BCUT2D eigenvalue weighted by atomic mass is 16.3. The molecule has 0 aliphatic carbocycles. The van der Waals surface area contributed by atoms with E-state index in [1.54, 1.807) is 30.3 Å². The fourth-order valence-electron chi connectivity index (χ4n) is 6.70. The van der Waals surface area contributed by atoms with Gasteiger partial charge in [-0.1, -0.05) is 151 Å². The Morgan fingerprint density at radius 2 is 1.00 bits per heavy atom. The van der Waals surface area contributed by atoms with E-state index in [1.807, 2.05) is 48.5 Å². The molecule has 10 aromatic rings. The highest BCUT2D eigenvalue weighted by Gasteiger charge is 2.24. The van der Waals surface area contributed by atoms with Gasteiger partial charge in [-0.3, -0.25) is 0 Å². The Hall–Kier alpha value is -6.18. The lowest BCUT2D eigenvalue weighted by atomic mass is 9.84. The van der Waals surface area contributed by atoms with Crippen LogP contribution in [0, 0.1) is 0 Å². The molecule has 0 N–H and O–H groups in total. The van der Waals surface area contributed by atoms with E-state index in [-0.39, 0.29) is 71.3 Å². The summed E-state index contributed by atoms with van der Waals surface area (Å²) in [5.41, 5.74) is 0.207. The first kappa shape index (κ1) is 15.4. The van der Waals surface area contributed by atoms with E-state index in [0.717, 1.165) is 21.5 Å². The molecule has 0 fully saturated rings. The lowest BCUT2D eigenvalue weighted by Crippen LogP contribution is -1.92. The van der Waals surface area contributed by atoms with Gasteiger partial charge in [0.05, 0.1) is 20.6 Å². The lowest BCUT2D eigenvalue weighted by molar-refractivity contribution is 0.632. The molecule has 0 radical (unpaired) electrons. The summed E-state index contributed by atoms with van der Waals surface area (Å²) in [4.78, 5) is 0. The van der Waals surface area contributed by atoms with Gasteiger partial charge in [-0.25, -0.2) is 0 Å². The van der Waals surface area contributed by atoms with Crippen LogP contribution in [0.15, 0.2) is 174 Å². The molecule has 9 aromatic carbocycles. The van der Waals surface area contributed by atoms with E-state index in [9.17, 15) is 8.22 Å². The van der Waals surface area contributed by atoms with Crippen LogP contribution < -0.4 is 0 Å². The van der Waals surface area contributed by atoms with Crippen molar-refractivity contribution in [2.75, 3.05) is 0 Å². The van der Waals surface area contributed by atoms with Gasteiger partial charge in [-0.05, 0) is 83.2 Å². The molecule has 0 amide bonds. The van der Waals surface area contributed by atoms with Crippen molar-refractivity contribution in [3.63, 3.8) is 0 Å². The summed E-state index contributed by atoms with van der Waals surface area (Å²) < 4.78 is 142. The molecule has 1 aromatic heterocycles. The van der Waals surface area contributed by atoms with Gasteiger partial charge in [0, 0.05) is 22.1 Å². The number of rotatable bonds is 3. The van der Waals surface area contributed by atoms with Gasteiger partial charge in [-0.15, -0.1) is 0 Å². The second-order valence-corrected chi connectivity index (χ2v) is 11.3. The van der Waals surface area contributed by atoms with Gasteiger partial charge in [0.25, 0.3) is 0 Å². The van der Waals surface area contributed by atoms with Crippen molar-refractivity contribution in [1.29, 1.82) is 0 Å². The molecule has 1 heterocycles. The minimum absolute atomic E-state index is 0.0104. The first-order chi connectivity index (χ1) is 29.6. The summed E-state index contributed by atoms with van der Waals surface area (Å²) >= 11 is 0. The van der Waals surface area contributed by atoms with Crippen molar-refractivity contribution in [3.05, 3.63) is 169 Å². The van der Waals surface area contributed by atoms with Crippen molar-refractivity contribution in [3.8, 4) is 33.6 Å². The average Bonchev–Trinajstić information content (AvgIpc) is 3.65. The summed E-state index contributed by atoms with van der Waals surface area (Å²) in [6.07, 6.45) is 0. The van der Waals surface area contributed by atoms with Crippen LogP contribution in [-0.4, -0.2) is 0 Å². The van der Waals surface area contributed by atoms with E-state index in [0.29, 0.717) is 5.56 Å². The fraction of sp³-hybridized carbons (Fsp3) is 0. The van der Waals surface area contributed by atoms with E-state index < -0.39 is 90.6 Å². The lowest BCUT2D eigenvalue weighted by Gasteiger charge is -2.18. The highest BCUT2D eigenvalue weighted by molar-refractivity contribution is 6.25. The van der Waals surface area contributed by atoms with Crippen LogP contribution in [0.25, 0.3) is 98.4 Å². The molecule has 0 aliphatic rings. The van der Waals surface area contributed by atoms with E-state index >= 15 is 0 Å². The first-order valence-corrected chi connectivity index (χ1v) is 15.0. The maximum absolute atomic E-state index is 9.55. The Morgan fingerprint density at radius 1 is 0.383 bits per heavy atom. The van der Waals surface area contributed by atoms with Gasteiger partial charge in [-0.2, -0.15) is 0 Å². The van der Waals surface area contributed by atoms with E-state index in [4.69, 9.17) is 16.8 Å². The Bertz CT molecular complexity index is 3620. The molecule has 0 saturated carbocycles. The number of benzene rings is 9. The normalized spacial score (nSPS) is 16.3. The number of furan rings is 1. The third kappa shape index (κ3) is 3.97. The molecule has 1 nitrogen and oxygen atoms in total. The van der Waals surface area contributed by atoms with Crippen molar-refractivity contribution in [2.24, 2.45) is 0 Å². The van der Waals surface area contributed by atoms with Crippen LogP contribution in [0.1, 0.15) is 20.6 Å². The fourth-order valence-corrected chi connectivity index (χ4v) is 6.70. The number of para-hydroxylation sites is 1. The maximum atomic E-state index is 9.55. The third-order valence-corrected chi connectivity index (χ3v) is 8.73. The molecule has 0 aliphatic heterocycles. The molecular formula is C46H28O. The van der Waals surface area contributed by atoms with E-state index in [1.165, 1.54) is 0 Å². The van der Waals surface area contributed by atoms with Crippen LogP contribution in [0.5, 0.6) is 0 Å². The average molecular weight is 612 g/mol. The Morgan fingerprint density at radius 3 is 1.79 bits per heavy atom. The number of fused-ring (bicyclic) bond motifs is 7.